The number of aliphatic hydroxyl groups is 1. The van der Waals surface area contributed by atoms with Crippen molar-refractivity contribution < 1.29 is 14.6 Å². The topological polar surface area (TPSA) is 84.6 Å². The first-order valence-electron chi connectivity index (χ1n) is 7.91. The van der Waals surface area contributed by atoms with E-state index in [1.807, 2.05) is 19.9 Å². The Kier molecular flexibility index (Phi) is 5.16. The molecular formula is C18H25ClN2O3. The zero-order valence-electron chi connectivity index (χ0n) is 14.4. The molecule has 0 unspecified atom stereocenters. The third-order valence-corrected chi connectivity index (χ3v) is 5.33. The van der Waals surface area contributed by atoms with E-state index in [2.05, 4.69) is 11.9 Å². The fourth-order valence-electron chi connectivity index (χ4n) is 2.82. The molecule has 1 aromatic carbocycles. The summed E-state index contributed by atoms with van der Waals surface area (Å²) < 4.78 is 5.11. The van der Waals surface area contributed by atoms with Crippen molar-refractivity contribution in [2.24, 2.45) is 11.1 Å². The van der Waals surface area contributed by atoms with E-state index in [-0.39, 0.29) is 11.7 Å². The minimum atomic E-state index is -0.699. The Balaban J connectivity index is 2.03. The number of aliphatic hydroxyl groups excluding tert-OH is 1. The molecule has 1 saturated carbocycles. The van der Waals surface area contributed by atoms with Gasteiger partial charge < -0.3 is 20.9 Å². The lowest BCUT2D eigenvalue weighted by molar-refractivity contribution is -0.124. The Labute approximate surface area is 147 Å². The van der Waals surface area contributed by atoms with Crippen LogP contribution in [0.5, 0.6) is 5.75 Å². The van der Waals surface area contributed by atoms with Gasteiger partial charge in [-0.1, -0.05) is 38.1 Å². The average molecular weight is 353 g/mol. The van der Waals surface area contributed by atoms with Crippen LogP contribution in [0.4, 0.5) is 0 Å². The number of halogens is 1. The maximum Gasteiger partial charge on any atom is 0.237 e. The zero-order valence-corrected chi connectivity index (χ0v) is 15.1. The van der Waals surface area contributed by atoms with E-state index in [1.165, 1.54) is 0 Å². The molecule has 1 aliphatic carbocycles. The number of nitrogens with one attached hydrogen (secondary N) is 1. The van der Waals surface area contributed by atoms with E-state index in [9.17, 15) is 9.90 Å². The molecule has 132 valence electrons. The lowest BCUT2D eigenvalue weighted by Crippen LogP contribution is -2.53. The van der Waals surface area contributed by atoms with E-state index < -0.39 is 17.0 Å². The molecule has 2 rings (SSSR count). The van der Waals surface area contributed by atoms with E-state index in [1.54, 1.807) is 19.2 Å². The van der Waals surface area contributed by atoms with E-state index in [0.29, 0.717) is 17.2 Å². The van der Waals surface area contributed by atoms with Crippen LogP contribution in [-0.2, 0) is 11.2 Å². The van der Waals surface area contributed by atoms with Gasteiger partial charge in [-0.05, 0) is 37.0 Å². The number of nitrogens with two attached hydrogens (primary N) is 1. The molecule has 0 spiro atoms. The van der Waals surface area contributed by atoms with Gasteiger partial charge in [0.15, 0.2) is 0 Å². The smallest absolute Gasteiger partial charge is 0.237 e. The van der Waals surface area contributed by atoms with Gasteiger partial charge in [0.05, 0.1) is 29.5 Å². The molecule has 0 saturated heterocycles. The fraction of sp³-hybridized carbons (Fsp3) is 0.500. The molecule has 24 heavy (non-hydrogen) atoms. The summed E-state index contributed by atoms with van der Waals surface area (Å²) in [6.45, 7) is 7.37. The van der Waals surface area contributed by atoms with Crippen molar-refractivity contribution >= 4 is 17.5 Å². The predicted molar refractivity (Wildman–Crippen MR) is 95.3 cm³/mol. The van der Waals surface area contributed by atoms with Gasteiger partial charge in [-0.3, -0.25) is 4.79 Å². The van der Waals surface area contributed by atoms with Gasteiger partial charge in [-0.2, -0.15) is 0 Å². The molecule has 0 aromatic heterocycles. The molecule has 0 aliphatic heterocycles. The lowest BCUT2D eigenvalue weighted by Gasteiger charge is -2.35. The number of ether oxygens (including phenoxy) is 1. The largest absolute Gasteiger partial charge is 0.512 e. The number of hydrogen-bond acceptors (Lipinski definition) is 4. The SMILES string of the molecule is C=C(O)C(C)(C)C1(NC(=O)[C@H](N)Cc2ccc(OC)c(Cl)c2)CC1. The number of rotatable bonds is 7. The third-order valence-electron chi connectivity index (χ3n) is 5.04. The summed E-state index contributed by atoms with van der Waals surface area (Å²) in [7, 11) is 1.55. The summed E-state index contributed by atoms with van der Waals surface area (Å²) in [4.78, 5) is 12.5. The minimum absolute atomic E-state index is 0.0656. The van der Waals surface area contributed by atoms with Gasteiger partial charge in [-0.25, -0.2) is 0 Å². The number of methoxy groups -OCH3 is 1. The molecule has 0 radical (unpaired) electrons. The Hall–Kier alpha value is -1.72. The first-order valence-corrected chi connectivity index (χ1v) is 8.29. The Morgan fingerprint density at radius 3 is 2.62 bits per heavy atom. The summed E-state index contributed by atoms with van der Waals surface area (Å²) >= 11 is 6.10. The summed E-state index contributed by atoms with van der Waals surface area (Å²) in [6.07, 6.45) is 1.96. The lowest BCUT2D eigenvalue weighted by atomic mass is 9.80. The number of carbonyl (C=O) groups excluding carboxylic acids is 1. The van der Waals surface area contributed by atoms with Crippen molar-refractivity contribution in [3.05, 3.63) is 41.1 Å². The van der Waals surface area contributed by atoms with Crippen LogP contribution < -0.4 is 15.8 Å². The predicted octanol–water partition coefficient (Wildman–Crippen LogP) is 2.97. The number of benzene rings is 1. The number of carbonyl (C=O) groups is 1. The molecule has 0 heterocycles. The minimum Gasteiger partial charge on any atom is -0.512 e. The highest BCUT2D eigenvalue weighted by atomic mass is 35.5. The van der Waals surface area contributed by atoms with Gasteiger partial charge in [0, 0.05) is 5.41 Å². The third kappa shape index (κ3) is 3.52. The van der Waals surface area contributed by atoms with Gasteiger partial charge in [0.2, 0.25) is 5.91 Å². The van der Waals surface area contributed by atoms with Crippen molar-refractivity contribution in [3.8, 4) is 5.75 Å². The van der Waals surface area contributed by atoms with Crippen molar-refractivity contribution in [3.63, 3.8) is 0 Å². The second-order valence-electron chi connectivity index (χ2n) is 6.92. The van der Waals surface area contributed by atoms with Crippen LogP contribution in [0, 0.1) is 5.41 Å². The van der Waals surface area contributed by atoms with Gasteiger partial charge in [-0.15, -0.1) is 0 Å². The number of amides is 1. The molecule has 6 heteroatoms. The number of hydrogen-bond donors (Lipinski definition) is 3. The highest BCUT2D eigenvalue weighted by molar-refractivity contribution is 6.32. The fourth-order valence-corrected chi connectivity index (χ4v) is 3.10. The molecule has 0 bridgehead atoms. The maximum atomic E-state index is 12.5. The second-order valence-corrected chi connectivity index (χ2v) is 7.33. The van der Waals surface area contributed by atoms with Crippen LogP contribution in [0.25, 0.3) is 0 Å². The summed E-state index contributed by atoms with van der Waals surface area (Å²) in [5, 5.41) is 13.3. The summed E-state index contributed by atoms with van der Waals surface area (Å²) in [6, 6.07) is 4.64. The van der Waals surface area contributed by atoms with Gasteiger partial charge in [0.25, 0.3) is 0 Å². The van der Waals surface area contributed by atoms with Crippen molar-refractivity contribution in [1.29, 1.82) is 0 Å². The monoisotopic (exact) mass is 352 g/mol. The highest BCUT2D eigenvalue weighted by Crippen LogP contribution is 2.52. The maximum absolute atomic E-state index is 12.5. The Bertz CT molecular complexity index is 654. The molecular weight excluding hydrogens is 328 g/mol. The molecule has 1 atom stereocenters. The second kappa shape index (κ2) is 6.65. The average Bonchev–Trinajstić information content (AvgIpc) is 3.28. The van der Waals surface area contributed by atoms with Crippen LogP contribution in [0.2, 0.25) is 5.02 Å². The molecule has 1 amide bonds. The molecule has 1 aliphatic rings. The van der Waals surface area contributed by atoms with E-state index >= 15 is 0 Å². The van der Waals surface area contributed by atoms with E-state index in [0.717, 1.165) is 18.4 Å². The van der Waals surface area contributed by atoms with Crippen molar-refractivity contribution in [2.75, 3.05) is 7.11 Å². The summed E-state index contributed by atoms with van der Waals surface area (Å²) in [5.41, 5.74) is 5.85. The van der Waals surface area contributed by atoms with Crippen LogP contribution in [0.1, 0.15) is 32.3 Å². The summed E-state index contributed by atoms with van der Waals surface area (Å²) in [5.74, 6) is 0.406. The normalized spacial score (nSPS) is 17.0. The Morgan fingerprint density at radius 1 is 1.54 bits per heavy atom. The van der Waals surface area contributed by atoms with Crippen molar-refractivity contribution in [1.82, 2.24) is 5.32 Å². The van der Waals surface area contributed by atoms with E-state index in [4.69, 9.17) is 22.1 Å². The van der Waals surface area contributed by atoms with Crippen LogP contribution in [0.15, 0.2) is 30.5 Å². The first-order chi connectivity index (χ1) is 11.1. The van der Waals surface area contributed by atoms with Crippen LogP contribution >= 0.6 is 11.6 Å². The molecule has 1 fully saturated rings. The van der Waals surface area contributed by atoms with Gasteiger partial charge in [0.1, 0.15) is 5.75 Å². The van der Waals surface area contributed by atoms with Crippen LogP contribution in [-0.4, -0.2) is 29.7 Å². The quantitative estimate of drug-likeness (QED) is 0.659. The standard InChI is InChI=1S/C18H25ClN2O3/c1-11(22)17(2,3)18(7-8-18)21-16(23)14(20)10-12-5-6-15(24-4)13(19)9-12/h5-6,9,14,22H,1,7-8,10,20H2,2-4H3,(H,21,23)/t14-/m1/s1. The van der Waals surface area contributed by atoms with Crippen LogP contribution in [0.3, 0.4) is 0 Å². The van der Waals surface area contributed by atoms with Crippen molar-refractivity contribution in [2.45, 2.75) is 44.7 Å². The molecule has 1 aromatic rings. The molecule has 4 N–H and O–H groups in total. The van der Waals surface area contributed by atoms with Gasteiger partial charge >= 0.3 is 0 Å². The Morgan fingerprint density at radius 2 is 2.17 bits per heavy atom. The zero-order chi connectivity index (χ0) is 18.1. The highest BCUT2D eigenvalue weighted by Gasteiger charge is 2.57. The first kappa shape index (κ1) is 18.6. The molecule has 5 nitrogen and oxygen atoms in total.